The molecular weight excluding hydrogens is 289 g/mol. The highest BCUT2D eigenvalue weighted by atomic mass is 35.5. The maximum Gasteiger partial charge on any atom is 0.355 e. The fourth-order valence-corrected chi connectivity index (χ4v) is 1.72. The average molecular weight is 298 g/mol. The van der Waals surface area contributed by atoms with Crippen molar-refractivity contribution in [3.8, 4) is 0 Å². The molecule has 1 aromatic heterocycles. The minimum Gasteiger partial charge on any atom is -0.453 e. The van der Waals surface area contributed by atoms with Crippen LogP contribution in [0.2, 0.25) is 10.0 Å². The highest BCUT2D eigenvalue weighted by Crippen LogP contribution is 2.22. The molecule has 0 radical (unpaired) electrons. The van der Waals surface area contributed by atoms with E-state index in [0.717, 1.165) is 0 Å². The van der Waals surface area contributed by atoms with Crippen LogP contribution in [0.4, 0.5) is 0 Å². The van der Waals surface area contributed by atoms with Gasteiger partial charge >= 0.3 is 5.97 Å². The first kappa shape index (κ1) is 13.6. The lowest BCUT2D eigenvalue weighted by Crippen LogP contribution is -2.14. The molecule has 0 aliphatic rings. The summed E-state index contributed by atoms with van der Waals surface area (Å²) in [5, 5.41) is 0.643. The Bertz CT molecular complexity index is 608. The predicted octanol–water partition coefficient (Wildman–Crippen LogP) is 3.36. The number of carbonyl (C=O) groups is 2. The topological polar surface area (TPSA) is 59.2 Å². The van der Waals surface area contributed by atoms with Crippen LogP contribution in [0, 0.1) is 0 Å². The fourth-order valence-electron chi connectivity index (χ4n) is 1.42. The van der Waals surface area contributed by atoms with Crippen molar-refractivity contribution >= 4 is 35.0 Å². The van der Waals surface area contributed by atoms with Gasteiger partial charge in [-0.3, -0.25) is 4.79 Å². The number of aromatic amines is 1. The number of nitrogens with one attached hydrogen (secondary N) is 1. The summed E-state index contributed by atoms with van der Waals surface area (Å²) in [4.78, 5) is 26.0. The van der Waals surface area contributed by atoms with Crippen LogP contribution in [0.5, 0.6) is 0 Å². The van der Waals surface area contributed by atoms with E-state index < -0.39 is 5.97 Å². The second-order valence-electron chi connectivity index (χ2n) is 3.71. The molecule has 98 valence electrons. The minimum atomic E-state index is -0.585. The number of rotatable bonds is 4. The molecule has 0 atom stereocenters. The molecule has 0 spiro atoms. The largest absolute Gasteiger partial charge is 0.453 e. The van der Waals surface area contributed by atoms with Gasteiger partial charge in [-0.2, -0.15) is 0 Å². The van der Waals surface area contributed by atoms with E-state index in [4.69, 9.17) is 27.9 Å². The van der Waals surface area contributed by atoms with Crippen LogP contribution in [0.25, 0.3) is 0 Å². The van der Waals surface area contributed by atoms with E-state index in [-0.39, 0.29) is 17.4 Å². The first-order valence-electron chi connectivity index (χ1n) is 5.36. The molecule has 0 aliphatic carbocycles. The predicted molar refractivity (Wildman–Crippen MR) is 71.9 cm³/mol. The highest BCUT2D eigenvalue weighted by molar-refractivity contribution is 6.42. The number of ketones is 1. The smallest absolute Gasteiger partial charge is 0.355 e. The van der Waals surface area contributed by atoms with Crippen molar-refractivity contribution in [2.75, 3.05) is 6.61 Å². The number of benzene rings is 1. The van der Waals surface area contributed by atoms with E-state index >= 15 is 0 Å². The van der Waals surface area contributed by atoms with E-state index in [1.54, 1.807) is 18.3 Å². The number of carbonyl (C=O) groups excluding carboxylic acids is 2. The van der Waals surface area contributed by atoms with Gasteiger partial charge in [0.25, 0.3) is 0 Å². The van der Waals surface area contributed by atoms with Gasteiger partial charge in [0.05, 0.1) is 10.0 Å². The van der Waals surface area contributed by atoms with Crippen LogP contribution < -0.4 is 0 Å². The molecule has 6 heteroatoms. The van der Waals surface area contributed by atoms with Gasteiger partial charge in [0, 0.05) is 11.8 Å². The summed E-state index contributed by atoms with van der Waals surface area (Å²) in [5.41, 5.74) is 0.635. The number of Topliss-reactive ketones (excluding diaryl/α,β-unsaturated/α-hetero) is 1. The summed E-state index contributed by atoms with van der Waals surface area (Å²) < 4.78 is 4.88. The maximum absolute atomic E-state index is 11.8. The molecule has 1 N–H and O–H groups in total. The number of hydrogen-bond donors (Lipinski definition) is 1. The Balaban J connectivity index is 1.98. The van der Waals surface area contributed by atoms with Gasteiger partial charge in [0.15, 0.2) is 12.4 Å². The molecule has 0 unspecified atom stereocenters. The zero-order chi connectivity index (χ0) is 13.8. The molecule has 2 aromatic rings. The van der Waals surface area contributed by atoms with Crippen molar-refractivity contribution in [1.82, 2.24) is 4.98 Å². The normalized spacial score (nSPS) is 10.2. The van der Waals surface area contributed by atoms with Gasteiger partial charge in [-0.05, 0) is 30.3 Å². The summed E-state index contributed by atoms with van der Waals surface area (Å²) in [7, 11) is 0. The average Bonchev–Trinajstić information content (AvgIpc) is 2.92. The molecule has 0 bridgehead atoms. The highest BCUT2D eigenvalue weighted by Gasteiger charge is 2.13. The second kappa shape index (κ2) is 5.91. The molecule has 0 aliphatic heterocycles. The SMILES string of the molecule is O=C(COC(=O)c1ccc[nH]1)c1ccc(Cl)c(Cl)c1. The van der Waals surface area contributed by atoms with Crippen molar-refractivity contribution in [3.05, 3.63) is 57.8 Å². The van der Waals surface area contributed by atoms with Crippen LogP contribution in [0.1, 0.15) is 20.8 Å². The monoisotopic (exact) mass is 297 g/mol. The Morgan fingerprint density at radius 2 is 1.95 bits per heavy atom. The third-order valence-corrected chi connectivity index (χ3v) is 3.13. The van der Waals surface area contributed by atoms with Gasteiger partial charge in [-0.15, -0.1) is 0 Å². The third kappa shape index (κ3) is 3.36. The molecule has 0 fully saturated rings. The number of ether oxygens (including phenoxy) is 1. The van der Waals surface area contributed by atoms with Crippen molar-refractivity contribution in [2.45, 2.75) is 0 Å². The molecule has 0 saturated carbocycles. The summed E-state index contributed by atoms with van der Waals surface area (Å²) in [5.74, 6) is -0.933. The van der Waals surface area contributed by atoms with Crippen LogP contribution in [-0.4, -0.2) is 23.3 Å². The first-order valence-corrected chi connectivity index (χ1v) is 6.12. The van der Waals surface area contributed by atoms with Crippen molar-refractivity contribution in [3.63, 3.8) is 0 Å². The molecule has 0 amide bonds. The Hall–Kier alpha value is -1.78. The molecule has 4 nitrogen and oxygen atoms in total. The Labute approximate surface area is 119 Å². The number of esters is 1. The second-order valence-corrected chi connectivity index (χ2v) is 4.53. The molecule has 0 saturated heterocycles. The maximum atomic E-state index is 11.8. The first-order chi connectivity index (χ1) is 9.08. The fraction of sp³-hybridized carbons (Fsp3) is 0.0769. The number of aromatic nitrogens is 1. The lowest BCUT2D eigenvalue weighted by molar-refractivity contribution is 0.0469. The molecule has 2 rings (SSSR count). The summed E-state index contributed by atoms with van der Waals surface area (Å²) in [6, 6.07) is 7.71. The van der Waals surface area contributed by atoms with E-state index in [1.807, 2.05) is 0 Å². The van der Waals surface area contributed by atoms with Crippen molar-refractivity contribution < 1.29 is 14.3 Å². The Kier molecular flexibility index (Phi) is 4.24. The van der Waals surface area contributed by atoms with E-state index in [2.05, 4.69) is 4.98 Å². The molecule has 1 heterocycles. The summed E-state index contributed by atoms with van der Waals surface area (Å²) in [6.45, 7) is -0.351. The standard InChI is InChI=1S/C13H9Cl2NO3/c14-9-4-3-8(6-10(9)15)12(17)7-19-13(18)11-2-1-5-16-11/h1-6,16H,7H2. The number of hydrogen-bond acceptors (Lipinski definition) is 3. The lowest BCUT2D eigenvalue weighted by Gasteiger charge is -2.04. The van der Waals surface area contributed by atoms with Crippen LogP contribution >= 0.6 is 23.2 Å². The molecule has 19 heavy (non-hydrogen) atoms. The van der Waals surface area contributed by atoms with Crippen molar-refractivity contribution in [2.24, 2.45) is 0 Å². The zero-order valence-corrected chi connectivity index (χ0v) is 11.2. The summed E-state index contributed by atoms with van der Waals surface area (Å²) in [6.07, 6.45) is 1.59. The summed E-state index contributed by atoms with van der Waals surface area (Å²) >= 11 is 11.6. The third-order valence-electron chi connectivity index (χ3n) is 2.39. The molecule has 1 aromatic carbocycles. The van der Waals surface area contributed by atoms with Gasteiger partial charge in [-0.1, -0.05) is 23.2 Å². The lowest BCUT2D eigenvalue weighted by atomic mass is 10.1. The quantitative estimate of drug-likeness (QED) is 0.695. The Morgan fingerprint density at radius 3 is 2.58 bits per heavy atom. The van der Waals surface area contributed by atoms with Crippen LogP contribution in [0.15, 0.2) is 36.5 Å². The van der Waals surface area contributed by atoms with E-state index in [9.17, 15) is 9.59 Å². The van der Waals surface area contributed by atoms with Gasteiger partial charge in [0.1, 0.15) is 5.69 Å². The van der Waals surface area contributed by atoms with Gasteiger partial charge < -0.3 is 9.72 Å². The van der Waals surface area contributed by atoms with Gasteiger partial charge in [-0.25, -0.2) is 4.79 Å². The minimum absolute atomic E-state index is 0.281. The Morgan fingerprint density at radius 1 is 1.16 bits per heavy atom. The van der Waals surface area contributed by atoms with Gasteiger partial charge in [0.2, 0.25) is 0 Å². The van der Waals surface area contributed by atoms with E-state index in [1.165, 1.54) is 18.2 Å². The molecular formula is C13H9Cl2NO3. The van der Waals surface area contributed by atoms with Crippen molar-refractivity contribution in [1.29, 1.82) is 0 Å². The van der Waals surface area contributed by atoms with Crippen LogP contribution in [-0.2, 0) is 4.74 Å². The number of halogens is 2. The number of H-pyrrole nitrogens is 1. The van der Waals surface area contributed by atoms with Crippen LogP contribution in [0.3, 0.4) is 0 Å². The zero-order valence-electron chi connectivity index (χ0n) is 9.65. The van der Waals surface area contributed by atoms with E-state index in [0.29, 0.717) is 16.3 Å².